The summed E-state index contributed by atoms with van der Waals surface area (Å²) in [4.78, 5) is 11.8. The second kappa shape index (κ2) is 6.42. The molecule has 0 unspecified atom stereocenters. The first-order valence-electron chi connectivity index (χ1n) is 6.62. The number of carbonyl (C=O) groups excluding carboxylic acids is 1. The summed E-state index contributed by atoms with van der Waals surface area (Å²) in [6, 6.07) is 3.98. The Hall–Kier alpha value is -1.64. The molecule has 0 aromatic heterocycles. The van der Waals surface area contributed by atoms with Gasteiger partial charge in [0.15, 0.2) is 0 Å². The number of rotatable bonds is 4. The van der Waals surface area contributed by atoms with Crippen LogP contribution in [0.1, 0.15) is 12.0 Å². The number of hydrogen-bond acceptors (Lipinski definition) is 4. The molecule has 2 amide bonds. The summed E-state index contributed by atoms with van der Waals surface area (Å²) in [5.74, 6) is 0.326. The molecule has 1 aliphatic heterocycles. The van der Waals surface area contributed by atoms with Gasteiger partial charge in [-0.05, 0) is 31.0 Å². The number of aryl methyl sites for hydroxylation is 1. The number of urea groups is 1. The highest BCUT2D eigenvalue weighted by Crippen LogP contribution is 2.19. The zero-order valence-electron chi connectivity index (χ0n) is 11.8. The molecule has 0 aliphatic carbocycles. The minimum atomic E-state index is -3.79. The third-order valence-electron chi connectivity index (χ3n) is 3.36. The lowest BCUT2D eigenvalue weighted by atomic mass is 10.1. The minimum absolute atomic E-state index is 0.0346. The second-order valence-corrected chi connectivity index (χ2v) is 6.65. The first-order chi connectivity index (χ1) is 9.86. The zero-order valence-corrected chi connectivity index (χ0v) is 12.6. The van der Waals surface area contributed by atoms with Crippen LogP contribution in [-0.2, 0) is 14.8 Å². The molecule has 1 fully saturated rings. The summed E-state index contributed by atoms with van der Waals surface area (Å²) in [6.07, 6.45) is 0.931. The van der Waals surface area contributed by atoms with Gasteiger partial charge in [0.25, 0.3) is 0 Å². The summed E-state index contributed by atoms with van der Waals surface area (Å²) in [7, 11) is -3.79. The largest absolute Gasteiger partial charge is 0.381 e. The molecule has 0 saturated carbocycles. The molecule has 0 radical (unpaired) electrons. The third-order valence-corrected chi connectivity index (χ3v) is 4.27. The lowest BCUT2D eigenvalue weighted by Crippen LogP contribution is -2.33. The van der Waals surface area contributed by atoms with Gasteiger partial charge < -0.3 is 15.4 Å². The molecule has 0 bridgehead atoms. The van der Waals surface area contributed by atoms with Gasteiger partial charge in [0.05, 0.1) is 11.5 Å². The van der Waals surface area contributed by atoms with Gasteiger partial charge in [0.2, 0.25) is 10.0 Å². The molecule has 21 heavy (non-hydrogen) atoms. The van der Waals surface area contributed by atoms with Crippen LogP contribution >= 0.6 is 0 Å². The summed E-state index contributed by atoms with van der Waals surface area (Å²) < 4.78 is 27.9. The monoisotopic (exact) mass is 313 g/mol. The van der Waals surface area contributed by atoms with Gasteiger partial charge in [-0.25, -0.2) is 18.4 Å². The topological polar surface area (TPSA) is 111 Å². The molecule has 1 heterocycles. The number of carbonyl (C=O) groups is 1. The SMILES string of the molecule is Cc1ccc(S(N)(=O)=O)cc1NC(=O)NC[C@H]1CCOC1. The van der Waals surface area contributed by atoms with E-state index in [9.17, 15) is 13.2 Å². The average molecular weight is 313 g/mol. The maximum atomic E-state index is 11.8. The van der Waals surface area contributed by atoms with E-state index in [2.05, 4.69) is 10.6 Å². The van der Waals surface area contributed by atoms with Gasteiger partial charge in [0, 0.05) is 24.8 Å². The third kappa shape index (κ3) is 4.42. The lowest BCUT2D eigenvalue weighted by molar-refractivity contribution is 0.185. The van der Waals surface area contributed by atoms with E-state index >= 15 is 0 Å². The van der Waals surface area contributed by atoms with Gasteiger partial charge in [0.1, 0.15) is 0 Å². The quantitative estimate of drug-likeness (QED) is 0.763. The normalized spacial score (nSPS) is 18.5. The Balaban J connectivity index is 1.99. The average Bonchev–Trinajstić information content (AvgIpc) is 2.91. The van der Waals surface area contributed by atoms with Crippen LogP contribution in [0.3, 0.4) is 0 Å². The van der Waals surface area contributed by atoms with Crippen molar-refractivity contribution in [3.8, 4) is 0 Å². The number of amides is 2. The number of nitrogens with two attached hydrogens (primary N) is 1. The maximum absolute atomic E-state index is 11.8. The van der Waals surface area contributed by atoms with Crippen LogP contribution in [0.4, 0.5) is 10.5 Å². The molecule has 0 spiro atoms. The van der Waals surface area contributed by atoms with Crippen LogP contribution < -0.4 is 15.8 Å². The van der Waals surface area contributed by atoms with Crippen LogP contribution in [0.25, 0.3) is 0 Å². The molecular formula is C13H19N3O4S. The van der Waals surface area contributed by atoms with Gasteiger partial charge in [-0.3, -0.25) is 0 Å². The number of benzene rings is 1. The fraction of sp³-hybridized carbons (Fsp3) is 0.462. The van der Waals surface area contributed by atoms with Crippen molar-refractivity contribution in [2.45, 2.75) is 18.2 Å². The van der Waals surface area contributed by atoms with Crippen molar-refractivity contribution in [2.75, 3.05) is 25.1 Å². The Morgan fingerprint density at radius 2 is 2.24 bits per heavy atom. The molecule has 1 atom stereocenters. The Kier molecular flexibility index (Phi) is 4.81. The highest BCUT2D eigenvalue weighted by Gasteiger charge is 2.17. The van der Waals surface area contributed by atoms with Crippen molar-refractivity contribution in [1.82, 2.24) is 5.32 Å². The van der Waals surface area contributed by atoms with E-state index in [0.29, 0.717) is 24.8 Å². The first kappa shape index (κ1) is 15.7. The number of sulfonamides is 1. The van der Waals surface area contributed by atoms with E-state index in [1.54, 1.807) is 13.0 Å². The molecule has 8 heteroatoms. The van der Waals surface area contributed by atoms with Gasteiger partial charge in [-0.15, -0.1) is 0 Å². The van der Waals surface area contributed by atoms with E-state index in [1.165, 1.54) is 12.1 Å². The molecular weight excluding hydrogens is 294 g/mol. The Morgan fingerprint density at radius 3 is 2.86 bits per heavy atom. The summed E-state index contributed by atoms with van der Waals surface area (Å²) in [5, 5.41) is 10.5. The molecule has 7 nitrogen and oxygen atoms in total. The van der Waals surface area contributed by atoms with E-state index in [1.807, 2.05) is 0 Å². The fourth-order valence-corrected chi connectivity index (χ4v) is 2.60. The van der Waals surface area contributed by atoms with Gasteiger partial charge in [-0.2, -0.15) is 0 Å². The van der Waals surface area contributed by atoms with E-state index in [-0.39, 0.29) is 10.9 Å². The standard InChI is InChI=1S/C13H19N3O4S/c1-9-2-3-11(21(14,18)19)6-12(9)16-13(17)15-7-10-4-5-20-8-10/h2-3,6,10H,4-5,7-8H2,1H3,(H2,14,18,19)(H2,15,16,17)/t10-/m1/s1. The Bertz CT molecular complexity index is 624. The van der Waals surface area contributed by atoms with Gasteiger partial charge >= 0.3 is 6.03 Å². The van der Waals surface area contributed by atoms with Crippen molar-refractivity contribution in [3.05, 3.63) is 23.8 Å². The number of anilines is 1. The molecule has 4 N–H and O–H groups in total. The summed E-state index contributed by atoms with van der Waals surface area (Å²) in [5.41, 5.74) is 1.17. The molecule has 1 aliphatic rings. The summed E-state index contributed by atoms with van der Waals surface area (Å²) in [6.45, 7) is 3.68. The Labute approximate surface area is 123 Å². The van der Waals surface area contributed by atoms with Crippen LogP contribution in [0, 0.1) is 12.8 Å². The molecule has 1 aromatic rings. The molecule has 1 saturated heterocycles. The van der Waals surface area contributed by atoms with Gasteiger partial charge in [-0.1, -0.05) is 6.07 Å². The van der Waals surface area contributed by atoms with Crippen molar-refractivity contribution in [1.29, 1.82) is 0 Å². The fourth-order valence-electron chi connectivity index (χ4n) is 2.06. The van der Waals surface area contributed by atoms with Crippen LogP contribution in [0.5, 0.6) is 0 Å². The second-order valence-electron chi connectivity index (χ2n) is 5.09. The molecule has 1 aromatic carbocycles. The van der Waals surface area contributed by atoms with E-state index in [4.69, 9.17) is 9.88 Å². The number of ether oxygens (including phenoxy) is 1. The highest BCUT2D eigenvalue weighted by atomic mass is 32.2. The van der Waals surface area contributed by atoms with E-state index in [0.717, 1.165) is 18.6 Å². The predicted molar refractivity (Wildman–Crippen MR) is 78.5 cm³/mol. The van der Waals surface area contributed by atoms with Crippen molar-refractivity contribution in [2.24, 2.45) is 11.1 Å². The maximum Gasteiger partial charge on any atom is 0.319 e. The van der Waals surface area contributed by atoms with Crippen molar-refractivity contribution in [3.63, 3.8) is 0 Å². The summed E-state index contributed by atoms with van der Waals surface area (Å²) >= 11 is 0. The lowest BCUT2D eigenvalue weighted by Gasteiger charge is -2.13. The highest BCUT2D eigenvalue weighted by molar-refractivity contribution is 7.89. The zero-order chi connectivity index (χ0) is 15.5. The number of primary sulfonamides is 1. The van der Waals surface area contributed by atoms with Crippen LogP contribution in [0.15, 0.2) is 23.1 Å². The van der Waals surface area contributed by atoms with Crippen LogP contribution in [0.2, 0.25) is 0 Å². The number of hydrogen-bond donors (Lipinski definition) is 3. The molecule has 2 rings (SSSR count). The van der Waals surface area contributed by atoms with Crippen molar-refractivity contribution >= 4 is 21.7 Å². The smallest absolute Gasteiger partial charge is 0.319 e. The van der Waals surface area contributed by atoms with E-state index < -0.39 is 10.0 Å². The number of nitrogens with one attached hydrogen (secondary N) is 2. The Morgan fingerprint density at radius 1 is 1.48 bits per heavy atom. The van der Waals surface area contributed by atoms with Crippen molar-refractivity contribution < 1.29 is 17.9 Å². The van der Waals surface area contributed by atoms with Crippen LogP contribution in [-0.4, -0.2) is 34.2 Å². The predicted octanol–water partition coefficient (Wildman–Crippen LogP) is 0.800. The minimum Gasteiger partial charge on any atom is -0.381 e. The first-order valence-corrected chi connectivity index (χ1v) is 8.17. The molecule has 116 valence electrons.